The van der Waals surface area contributed by atoms with Gasteiger partial charge in [0, 0.05) is 45.3 Å². The highest BCUT2D eigenvalue weighted by Gasteiger charge is 2.21. The predicted molar refractivity (Wildman–Crippen MR) is 111 cm³/mol. The molecule has 160 valence electrons. The number of carbonyl (C=O) groups is 2. The van der Waals surface area contributed by atoms with Crippen LogP contribution in [0.1, 0.15) is 29.5 Å². The lowest BCUT2D eigenvalue weighted by atomic mass is 10.1. The first kappa shape index (κ1) is 21.4. The second-order valence-electron chi connectivity index (χ2n) is 7.08. The molecule has 1 saturated heterocycles. The van der Waals surface area contributed by atoms with Crippen LogP contribution in [0, 0.1) is 0 Å². The van der Waals surface area contributed by atoms with E-state index in [0.29, 0.717) is 5.56 Å². The number of carbonyl (C=O) groups excluding carboxylic acids is 1. The number of hydrogen-bond donors (Lipinski definition) is 1. The highest BCUT2D eigenvalue weighted by Crippen LogP contribution is 2.17. The Labute approximate surface area is 174 Å². The fraction of sp³-hybridized carbons (Fsp3) is 0.450. The number of hydrogen-bond acceptors (Lipinski definition) is 6. The van der Waals surface area contributed by atoms with Crippen molar-refractivity contribution in [3.8, 4) is 0 Å². The van der Waals surface area contributed by atoms with Gasteiger partial charge in [0.25, 0.3) is 12.4 Å². The monoisotopic (exact) mass is 413 g/mol. The van der Waals surface area contributed by atoms with Crippen molar-refractivity contribution in [2.24, 2.45) is 7.05 Å². The van der Waals surface area contributed by atoms with Crippen LogP contribution in [0.4, 0.5) is 0 Å². The van der Waals surface area contributed by atoms with Gasteiger partial charge in [-0.3, -0.25) is 14.5 Å². The average molecular weight is 413 g/mol. The molecule has 1 aliphatic heterocycles. The summed E-state index contributed by atoms with van der Waals surface area (Å²) in [5.74, 6) is 1.07. The summed E-state index contributed by atoms with van der Waals surface area (Å²) in [4.78, 5) is 34.4. The van der Waals surface area contributed by atoms with Crippen molar-refractivity contribution >= 4 is 23.4 Å². The predicted octanol–water partition coefficient (Wildman–Crippen LogP) is 1.23. The average Bonchev–Trinajstić information content (AvgIpc) is 3.27. The van der Waals surface area contributed by atoms with E-state index in [1.807, 2.05) is 39.4 Å². The number of aryl methyl sites for hydroxylation is 2. The van der Waals surface area contributed by atoms with Gasteiger partial charge in [0.05, 0.1) is 23.9 Å². The zero-order valence-corrected chi connectivity index (χ0v) is 17.3. The van der Waals surface area contributed by atoms with Gasteiger partial charge in [0.1, 0.15) is 12.2 Å². The molecule has 30 heavy (non-hydrogen) atoms. The molecule has 10 heteroatoms. The molecule has 10 nitrogen and oxygen atoms in total. The zero-order valence-electron chi connectivity index (χ0n) is 17.3. The molecule has 0 aliphatic carbocycles. The van der Waals surface area contributed by atoms with Crippen LogP contribution in [0.2, 0.25) is 0 Å². The summed E-state index contributed by atoms with van der Waals surface area (Å²) in [6, 6.07) is 5.76. The van der Waals surface area contributed by atoms with Crippen molar-refractivity contribution in [1.82, 2.24) is 34.1 Å². The lowest BCUT2D eigenvalue weighted by Crippen LogP contribution is -2.35. The number of imidazole rings is 1. The topological polar surface area (TPSA) is 109 Å². The third-order valence-corrected chi connectivity index (χ3v) is 5.21. The largest absolute Gasteiger partial charge is 0.483 e. The van der Waals surface area contributed by atoms with E-state index in [1.54, 1.807) is 12.7 Å². The molecule has 0 atom stereocenters. The van der Waals surface area contributed by atoms with Crippen molar-refractivity contribution in [3.63, 3.8) is 0 Å². The summed E-state index contributed by atoms with van der Waals surface area (Å²) < 4.78 is 3.89. The summed E-state index contributed by atoms with van der Waals surface area (Å²) in [5, 5.41) is 11.1. The molecule has 2 aromatic heterocycles. The highest BCUT2D eigenvalue weighted by molar-refractivity contribution is 5.97. The van der Waals surface area contributed by atoms with Crippen molar-refractivity contribution in [1.29, 1.82) is 0 Å². The second-order valence-corrected chi connectivity index (χ2v) is 7.08. The molecule has 1 aromatic carbocycles. The molecule has 0 radical (unpaired) electrons. The van der Waals surface area contributed by atoms with Gasteiger partial charge >= 0.3 is 0 Å². The molecule has 1 fully saturated rings. The van der Waals surface area contributed by atoms with Crippen LogP contribution in [0.5, 0.6) is 0 Å². The summed E-state index contributed by atoms with van der Waals surface area (Å²) in [6.45, 7) is 6.71. The molecule has 1 amide bonds. The maximum absolute atomic E-state index is 13.0. The zero-order chi connectivity index (χ0) is 21.5. The molecule has 0 bridgehead atoms. The minimum absolute atomic E-state index is 0.0844. The van der Waals surface area contributed by atoms with Crippen molar-refractivity contribution in [2.75, 3.05) is 26.2 Å². The van der Waals surface area contributed by atoms with Gasteiger partial charge in [0.15, 0.2) is 0 Å². The van der Waals surface area contributed by atoms with Gasteiger partial charge in [-0.05, 0) is 31.5 Å². The number of amides is 1. The third kappa shape index (κ3) is 4.82. The summed E-state index contributed by atoms with van der Waals surface area (Å²) in [5.41, 5.74) is 2.60. The lowest BCUT2D eigenvalue weighted by Gasteiger charge is -2.22. The maximum Gasteiger partial charge on any atom is 0.290 e. The Kier molecular flexibility index (Phi) is 7.12. The molecule has 0 unspecified atom stereocenters. The third-order valence-electron chi connectivity index (χ3n) is 5.21. The van der Waals surface area contributed by atoms with Crippen molar-refractivity contribution in [3.05, 3.63) is 42.2 Å². The maximum atomic E-state index is 13.0. The molecule has 1 N–H and O–H groups in total. The van der Waals surface area contributed by atoms with Crippen LogP contribution in [0.25, 0.3) is 11.0 Å². The van der Waals surface area contributed by atoms with E-state index < -0.39 is 0 Å². The standard InChI is InChI=1S/C19H25N7O.CH2O2/c1-3-26-18(20-13-22-26)12-24-7-4-8-25(10-9-24)19(27)15-5-6-17-16(11-15)21-14-23(17)2;2-1-3/h5-6,11,13-14H,3-4,7-10,12H2,1-2H3;1H,(H,2,3). The molecular formula is C20H27N7O3. The van der Waals surface area contributed by atoms with Gasteiger partial charge in [-0.25, -0.2) is 14.6 Å². The fourth-order valence-electron chi connectivity index (χ4n) is 3.66. The van der Waals surface area contributed by atoms with Gasteiger partial charge < -0.3 is 14.6 Å². The summed E-state index contributed by atoms with van der Waals surface area (Å²) >= 11 is 0. The minimum atomic E-state index is -0.250. The van der Waals surface area contributed by atoms with Crippen LogP contribution in [-0.4, -0.2) is 77.8 Å². The number of carboxylic acid groups (broad SMARTS) is 1. The normalized spacial score (nSPS) is 14.8. The van der Waals surface area contributed by atoms with E-state index in [0.717, 1.165) is 62.5 Å². The molecule has 0 spiro atoms. The first-order valence-electron chi connectivity index (χ1n) is 9.94. The molecule has 3 aromatic rings. The van der Waals surface area contributed by atoms with Crippen LogP contribution in [0.3, 0.4) is 0 Å². The van der Waals surface area contributed by atoms with Crippen LogP contribution >= 0.6 is 0 Å². The Hall–Kier alpha value is -3.27. The smallest absolute Gasteiger partial charge is 0.290 e. The van der Waals surface area contributed by atoms with Crippen LogP contribution in [0.15, 0.2) is 30.9 Å². The molecule has 4 rings (SSSR count). The summed E-state index contributed by atoms with van der Waals surface area (Å²) in [7, 11) is 1.96. The quantitative estimate of drug-likeness (QED) is 0.641. The molecule has 0 saturated carbocycles. The van der Waals surface area contributed by atoms with Gasteiger partial charge in [-0.15, -0.1) is 0 Å². The Balaban J connectivity index is 0.000000806. The van der Waals surface area contributed by atoms with E-state index in [4.69, 9.17) is 9.90 Å². The number of fused-ring (bicyclic) bond motifs is 1. The number of benzene rings is 1. The number of nitrogens with zero attached hydrogens (tertiary/aromatic N) is 7. The summed E-state index contributed by atoms with van der Waals surface area (Å²) in [6.07, 6.45) is 4.34. The number of rotatable bonds is 4. The van der Waals surface area contributed by atoms with Gasteiger partial charge in [-0.2, -0.15) is 5.10 Å². The molecule has 1 aliphatic rings. The Bertz CT molecular complexity index is 997. The van der Waals surface area contributed by atoms with Gasteiger partial charge in [-0.1, -0.05) is 0 Å². The van der Waals surface area contributed by atoms with Crippen molar-refractivity contribution < 1.29 is 14.7 Å². The van der Waals surface area contributed by atoms with E-state index in [9.17, 15) is 4.79 Å². The van der Waals surface area contributed by atoms with E-state index >= 15 is 0 Å². The first-order valence-corrected chi connectivity index (χ1v) is 9.94. The molecule has 3 heterocycles. The minimum Gasteiger partial charge on any atom is -0.483 e. The van der Waals surface area contributed by atoms with Crippen LogP contribution in [-0.2, 0) is 24.9 Å². The van der Waals surface area contributed by atoms with E-state index in [1.165, 1.54) is 0 Å². The highest BCUT2D eigenvalue weighted by atomic mass is 16.3. The Morgan fingerprint density at radius 1 is 1.20 bits per heavy atom. The second kappa shape index (κ2) is 9.97. The van der Waals surface area contributed by atoms with Crippen molar-refractivity contribution in [2.45, 2.75) is 26.4 Å². The van der Waals surface area contributed by atoms with Crippen LogP contribution < -0.4 is 0 Å². The first-order chi connectivity index (χ1) is 14.6. The van der Waals surface area contributed by atoms with Gasteiger partial charge in [0.2, 0.25) is 0 Å². The fourth-order valence-corrected chi connectivity index (χ4v) is 3.66. The Morgan fingerprint density at radius 2 is 2.00 bits per heavy atom. The van der Waals surface area contributed by atoms with E-state index in [2.05, 4.69) is 26.9 Å². The number of aromatic nitrogens is 5. The SMILES string of the molecule is CCn1ncnc1CN1CCCN(C(=O)c2ccc3c(c2)ncn3C)CC1.O=CO. The lowest BCUT2D eigenvalue weighted by molar-refractivity contribution is -0.122. The van der Waals surface area contributed by atoms with E-state index in [-0.39, 0.29) is 12.4 Å². The molecular weight excluding hydrogens is 386 g/mol. The Morgan fingerprint density at radius 3 is 2.77 bits per heavy atom.